The lowest BCUT2D eigenvalue weighted by Gasteiger charge is -2.20. The summed E-state index contributed by atoms with van der Waals surface area (Å²) in [6.45, 7) is 0. The average molecular weight is 275 g/mol. The molecule has 2 atom stereocenters. The Hall–Kier alpha value is -0.270. The maximum Gasteiger partial charge on any atom is 0.123 e. The molecule has 0 aromatic heterocycles. The van der Waals surface area contributed by atoms with Crippen LogP contribution in [0.3, 0.4) is 0 Å². The molecule has 0 radical (unpaired) electrons. The monoisotopic (exact) mass is 274 g/mol. The highest BCUT2D eigenvalue weighted by Crippen LogP contribution is 2.32. The molecule has 0 aliphatic heterocycles. The first-order chi connectivity index (χ1) is 8.16. The Morgan fingerprint density at radius 3 is 2.76 bits per heavy atom. The van der Waals surface area contributed by atoms with E-state index in [-0.39, 0.29) is 11.2 Å². The third kappa shape index (κ3) is 3.59. The molecule has 0 bridgehead atoms. The fourth-order valence-electron chi connectivity index (χ4n) is 2.55. The largest absolute Gasteiger partial charge is 0.207 e. The van der Waals surface area contributed by atoms with Gasteiger partial charge < -0.3 is 0 Å². The molecule has 1 aromatic carbocycles. The van der Waals surface area contributed by atoms with E-state index in [1.807, 2.05) is 0 Å². The minimum Gasteiger partial charge on any atom is -0.207 e. The molecule has 1 saturated carbocycles. The van der Waals surface area contributed by atoms with Crippen molar-refractivity contribution < 1.29 is 4.39 Å². The summed E-state index contributed by atoms with van der Waals surface area (Å²) in [6.07, 6.45) is 6.68. The molecule has 2 rings (SSSR count). The molecule has 3 heteroatoms. The van der Waals surface area contributed by atoms with E-state index < -0.39 is 0 Å². The third-order valence-electron chi connectivity index (χ3n) is 3.56. The number of halogens is 3. The maximum atomic E-state index is 13.2. The van der Waals surface area contributed by atoms with Crippen molar-refractivity contribution >= 4 is 23.2 Å². The second kappa shape index (κ2) is 6.06. The van der Waals surface area contributed by atoms with E-state index in [1.54, 1.807) is 6.07 Å². The molecular weight excluding hydrogens is 258 g/mol. The van der Waals surface area contributed by atoms with E-state index in [0.717, 1.165) is 24.8 Å². The smallest absolute Gasteiger partial charge is 0.123 e. The van der Waals surface area contributed by atoms with E-state index in [0.29, 0.717) is 10.9 Å². The van der Waals surface area contributed by atoms with Gasteiger partial charge in [-0.15, -0.1) is 11.6 Å². The number of alkyl halides is 1. The molecule has 1 fully saturated rings. The van der Waals surface area contributed by atoms with Crippen LogP contribution in [0.15, 0.2) is 18.2 Å². The first-order valence-corrected chi connectivity index (χ1v) is 7.06. The van der Waals surface area contributed by atoms with Crippen LogP contribution in [0.2, 0.25) is 5.02 Å². The first-order valence-electron chi connectivity index (χ1n) is 6.25. The minimum absolute atomic E-state index is 0.205. The summed E-state index contributed by atoms with van der Waals surface area (Å²) in [4.78, 5) is 0. The predicted molar refractivity (Wildman–Crippen MR) is 71.3 cm³/mol. The van der Waals surface area contributed by atoms with E-state index in [4.69, 9.17) is 23.2 Å². The molecule has 0 heterocycles. The van der Waals surface area contributed by atoms with Gasteiger partial charge in [0.15, 0.2) is 0 Å². The fraction of sp³-hybridized carbons (Fsp3) is 0.571. The zero-order valence-electron chi connectivity index (χ0n) is 9.76. The molecule has 1 aromatic rings. The van der Waals surface area contributed by atoms with Crippen LogP contribution in [0.25, 0.3) is 0 Å². The van der Waals surface area contributed by atoms with Gasteiger partial charge in [0, 0.05) is 10.4 Å². The zero-order chi connectivity index (χ0) is 12.3. The maximum absolute atomic E-state index is 13.2. The molecule has 94 valence electrons. The van der Waals surface area contributed by atoms with Gasteiger partial charge in [0.25, 0.3) is 0 Å². The number of hydrogen-bond donors (Lipinski definition) is 0. The second-order valence-electron chi connectivity index (χ2n) is 4.85. The van der Waals surface area contributed by atoms with Gasteiger partial charge >= 0.3 is 0 Å². The summed E-state index contributed by atoms with van der Waals surface area (Å²) < 4.78 is 13.2. The Labute approximate surface area is 112 Å². The summed E-state index contributed by atoms with van der Waals surface area (Å²) in [5.74, 6) is 0.211. The highest BCUT2D eigenvalue weighted by atomic mass is 35.5. The normalized spacial score (nSPS) is 25.6. The summed E-state index contributed by atoms with van der Waals surface area (Å²) in [6, 6.07) is 4.57. The van der Waals surface area contributed by atoms with Crippen LogP contribution in [0.1, 0.15) is 37.7 Å². The van der Waals surface area contributed by atoms with Crippen LogP contribution in [0.4, 0.5) is 4.39 Å². The van der Waals surface area contributed by atoms with Gasteiger partial charge in [0.2, 0.25) is 0 Å². The van der Waals surface area contributed by atoms with Crippen molar-refractivity contribution in [3.8, 4) is 0 Å². The quantitative estimate of drug-likeness (QED) is 0.513. The highest BCUT2D eigenvalue weighted by Gasteiger charge is 2.22. The molecule has 0 amide bonds. The highest BCUT2D eigenvalue weighted by molar-refractivity contribution is 6.31. The molecule has 0 N–H and O–H groups in total. The number of rotatable bonds is 2. The second-order valence-corrected chi connectivity index (χ2v) is 5.82. The molecule has 1 aliphatic carbocycles. The lowest BCUT2D eigenvalue weighted by Crippen LogP contribution is -2.16. The summed E-state index contributed by atoms with van der Waals surface area (Å²) in [5, 5.41) is 0.858. The molecule has 1 aliphatic rings. The Bertz CT molecular complexity index is 378. The topological polar surface area (TPSA) is 0 Å². The molecular formula is C14H17Cl2F. The minimum atomic E-state index is -0.218. The van der Waals surface area contributed by atoms with Crippen molar-refractivity contribution in [2.75, 3.05) is 0 Å². The number of benzene rings is 1. The number of hydrogen-bond acceptors (Lipinski definition) is 0. The van der Waals surface area contributed by atoms with Gasteiger partial charge in [0.05, 0.1) is 0 Å². The molecule has 0 saturated heterocycles. The van der Waals surface area contributed by atoms with E-state index in [1.165, 1.54) is 31.4 Å². The Kier molecular flexibility index (Phi) is 4.69. The zero-order valence-corrected chi connectivity index (χ0v) is 11.3. The van der Waals surface area contributed by atoms with Crippen molar-refractivity contribution in [3.63, 3.8) is 0 Å². The van der Waals surface area contributed by atoms with Gasteiger partial charge in [-0.05, 0) is 48.9 Å². The Morgan fingerprint density at radius 2 is 1.94 bits per heavy atom. The van der Waals surface area contributed by atoms with Crippen LogP contribution >= 0.6 is 23.2 Å². The van der Waals surface area contributed by atoms with Crippen LogP contribution in [0.5, 0.6) is 0 Å². The SMILES string of the molecule is Fc1ccc(Cl)c(CC2CCCCCC2Cl)c1. The lowest BCUT2D eigenvalue weighted by molar-refractivity contribution is 0.464. The molecule has 17 heavy (non-hydrogen) atoms. The van der Waals surface area contributed by atoms with Crippen LogP contribution in [0, 0.1) is 11.7 Å². The van der Waals surface area contributed by atoms with Gasteiger partial charge in [0.1, 0.15) is 5.82 Å². The van der Waals surface area contributed by atoms with Crippen molar-refractivity contribution in [2.45, 2.75) is 43.9 Å². The van der Waals surface area contributed by atoms with Crippen molar-refractivity contribution in [2.24, 2.45) is 5.92 Å². The Morgan fingerprint density at radius 1 is 1.18 bits per heavy atom. The van der Waals surface area contributed by atoms with Crippen LogP contribution < -0.4 is 0 Å². The third-order valence-corrected chi connectivity index (χ3v) is 4.50. The summed E-state index contributed by atoms with van der Waals surface area (Å²) in [7, 11) is 0. The van der Waals surface area contributed by atoms with Gasteiger partial charge in [-0.1, -0.05) is 30.9 Å². The fourth-order valence-corrected chi connectivity index (χ4v) is 3.12. The molecule has 2 unspecified atom stereocenters. The van der Waals surface area contributed by atoms with Crippen molar-refractivity contribution in [3.05, 3.63) is 34.6 Å². The molecule has 0 spiro atoms. The average Bonchev–Trinajstić information content (AvgIpc) is 2.50. The first kappa shape index (κ1) is 13.2. The van der Waals surface area contributed by atoms with Gasteiger partial charge in [-0.25, -0.2) is 4.39 Å². The van der Waals surface area contributed by atoms with Crippen LogP contribution in [-0.2, 0) is 6.42 Å². The van der Waals surface area contributed by atoms with Crippen LogP contribution in [-0.4, -0.2) is 5.38 Å². The summed E-state index contributed by atoms with van der Waals surface area (Å²) >= 11 is 12.5. The molecule has 0 nitrogen and oxygen atoms in total. The Balaban J connectivity index is 2.10. The lowest BCUT2D eigenvalue weighted by atomic mass is 9.92. The van der Waals surface area contributed by atoms with Crippen molar-refractivity contribution in [1.82, 2.24) is 0 Å². The van der Waals surface area contributed by atoms with Gasteiger partial charge in [-0.2, -0.15) is 0 Å². The standard InChI is InChI=1S/C14H17Cl2F/c15-13-5-3-1-2-4-10(13)8-11-9-12(17)6-7-14(11)16/h6-7,9-10,13H,1-5,8H2. The summed E-state index contributed by atoms with van der Waals surface area (Å²) in [5.41, 5.74) is 0.893. The van der Waals surface area contributed by atoms with Gasteiger partial charge in [-0.3, -0.25) is 0 Å². The van der Waals surface area contributed by atoms with E-state index in [2.05, 4.69) is 0 Å². The van der Waals surface area contributed by atoms with E-state index in [9.17, 15) is 4.39 Å². The predicted octanol–water partition coefficient (Wildman–Crippen LogP) is 5.21. The van der Waals surface area contributed by atoms with E-state index >= 15 is 0 Å². The van der Waals surface area contributed by atoms with Crippen molar-refractivity contribution in [1.29, 1.82) is 0 Å².